The van der Waals surface area contributed by atoms with Crippen LogP contribution in [0.3, 0.4) is 0 Å². The van der Waals surface area contributed by atoms with E-state index in [-0.39, 0.29) is 28.6 Å². The van der Waals surface area contributed by atoms with Crippen LogP contribution in [0.15, 0.2) is 49.1 Å². The second kappa shape index (κ2) is 9.80. The van der Waals surface area contributed by atoms with E-state index < -0.39 is 11.6 Å². The van der Waals surface area contributed by atoms with Crippen LogP contribution in [0.25, 0.3) is 17.1 Å². The van der Waals surface area contributed by atoms with Crippen LogP contribution in [0.2, 0.25) is 5.02 Å². The summed E-state index contributed by atoms with van der Waals surface area (Å²) in [5.74, 6) is -0.436. The molecule has 0 aliphatic heterocycles. The third-order valence-electron chi connectivity index (χ3n) is 5.05. The lowest BCUT2D eigenvalue weighted by atomic mass is 10.1. The van der Waals surface area contributed by atoms with Crippen molar-refractivity contribution >= 4 is 29.5 Å². The number of aromatic nitrogens is 6. The quantitative estimate of drug-likeness (QED) is 0.339. The summed E-state index contributed by atoms with van der Waals surface area (Å²) in [5.41, 5.74) is 1.19. The van der Waals surface area contributed by atoms with Gasteiger partial charge >= 0.3 is 0 Å². The molecule has 0 amide bonds. The monoisotopic (exact) mass is 487 g/mol. The average molecular weight is 488 g/mol. The minimum absolute atomic E-state index is 0.0223. The van der Waals surface area contributed by atoms with Crippen molar-refractivity contribution in [1.82, 2.24) is 29.7 Å². The summed E-state index contributed by atoms with van der Waals surface area (Å²) >= 11 is 7.20. The first kappa shape index (κ1) is 23.1. The van der Waals surface area contributed by atoms with Gasteiger partial charge in [0, 0.05) is 41.5 Å². The van der Waals surface area contributed by atoms with Crippen molar-refractivity contribution in [3.63, 3.8) is 0 Å². The summed E-state index contributed by atoms with van der Waals surface area (Å²) in [6.07, 6.45) is 6.35. The van der Waals surface area contributed by atoms with Crippen LogP contribution < -0.4 is 4.72 Å². The minimum atomic E-state index is -0.735. The minimum Gasteiger partial charge on any atom is -0.298 e. The van der Waals surface area contributed by atoms with Gasteiger partial charge in [0.1, 0.15) is 23.1 Å². The number of anilines is 1. The third-order valence-corrected chi connectivity index (χ3v) is 6.32. The highest BCUT2D eigenvalue weighted by Crippen LogP contribution is 2.32. The van der Waals surface area contributed by atoms with Crippen LogP contribution in [-0.2, 0) is 0 Å². The molecule has 4 aromatic rings. The van der Waals surface area contributed by atoms with Gasteiger partial charge in [0.25, 0.3) is 0 Å². The molecule has 0 radical (unpaired) electrons. The predicted octanol–water partition coefficient (Wildman–Crippen LogP) is 5.61. The number of hydrogen-bond acceptors (Lipinski definition) is 7. The Morgan fingerprint density at radius 1 is 1.03 bits per heavy atom. The predicted molar refractivity (Wildman–Crippen MR) is 125 cm³/mol. The van der Waals surface area contributed by atoms with Gasteiger partial charge in [-0.25, -0.2) is 18.7 Å². The molecule has 7 nitrogen and oxygen atoms in total. The average Bonchev–Trinajstić information content (AvgIpc) is 3.21. The van der Waals surface area contributed by atoms with Crippen LogP contribution in [-0.4, -0.2) is 35.0 Å². The van der Waals surface area contributed by atoms with Gasteiger partial charge < -0.3 is 0 Å². The van der Waals surface area contributed by atoms with Crippen LogP contribution in [0, 0.1) is 18.6 Å². The number of hydrogen-bond donors (Lipinski definition) is 1. The molecule has 4 rings (SSSR count). The number of nitrogens with one attached hydrogen (secondary N) is 1. The lowest BCUT2D eigenvalue weighted by Crippen LogP contribution is -2.15. The number of halogens is 3. The molecule has 0 saturated carbocycles. The van der Waals surface area contributed by atoms with Gasteiger partial charge in [0.05, 0.1) is 5.02 Å². The summed E-state index contributed by atoms with van der Waals surface area (Å²) in [7, 11) is 0. The molecule has 0 aliphatic carbocycles. The molecular weight excluding hydrogens is 468 g/mol. The second-order valence-electron chi connectivity index (χ2n) is 7.48. The zero-order valence-corrected chi connectivity index (χ0v) is 19.6. The topological polar surface area (TPSA) is 81.4 Å². The normalized spacial score (nSPS) is 13.0. The van der Waals surface area contributed by atoms with Gasteiger partial charge in [0.15, 0.2) is 5.82 Å². The fourth-order valence-corrected chi connectivity index (χ4v) is 3.99. The van der Waals surface area contributed by atoms with Crippen molar-refractivity contribution in [2.45, 2.75) is 31.9 Å². The van der Waals surface area contributed by atoms with Gasteiger partial charge in [-0.1, -0.05) is 31.5 Å². The van der Waals surface area contributed by atoms with Crippen LogP contribution in [0.5, 0.6) is 0 Å². The lowest BCUT2D eigenvalue weighted by molar-refractivity contribution is 0.570. The highest BCUT2D eigenvalue weighted by atomic mass is 35.5. The Morgan fingerprint density at radius 2 is 1.73 bits per heavy atom. The zero-order chi connectivity index (χ0) is 23.5. The first-order chi connectivity index (χ1) is 15.8. The van der Waals surface area contributed by atoms with E-state index in [4.69, 9.17) is 11.6 Å². The molecule has 3 aromatic heterocycles. The largest absolute Gasteiger partial charge is 0.298 e. The van der Waals surface area contributed by atoms with E-state index in [0.29, 0.717) is 16.4 Å². The highest BCUT2D eigenvalue weighted by Gasteiger charge is 2.24. The molecule has 11 heteroatoms. The number of aryl methyl sites for hydroxylation is 1. The molecule has 170 valence electrons. The Bertz CT molecular complexity index is 1250. The van der Waals surface area contributed by atoms with E-state index in [2.05, 4.69) is 29.9 Å². The fraction of sp³-hybridized carbons (Fsp3) is 0.227. The molecule has 0 saturated heterocycles. The van der Waals surface area contributed by atoms with E-state index >= 15 is 0 Å². The molecule has 1 aromatic carbocycles. The first-order valence-corrected chi connectivity index (χ1v) is 11.3. The number of pyridine rings is 1. The maximum atomic E-state index is 14.8. The number of para-hydroxylation sites is 1. The van der Waals surface area contributed by atoms with Gasteiger partial charge in [-0.2, -0.15) is 0 Å². The highest BCUT2D eigenvalue weighted by molar-refractivity contribution is 8.01. The molecular formula is C22H20ClF2N7S. The van der Waals surface area contributed by atoms with E-state index in [9.17, 15) is 8.78 Å². The fourth-order valence-electron chi connectivity index (χ4n) is 3.14. The van der Waals surface area contributed by atoms with Crippen LogP contribution >= 0.6 is 23.5 Å². The molecule has 0 aliphatic rings. The van der Waals surface area contributed by atoms with Gasteiger partial charge in [-0.3, -0.25) is 14.3 Å². The van der Waals surface area contributed by atoms with Crippen molar-refractivity contribution < 1.29 is 8.78 Å². The van der Waals surface area contributed by atoms with Crippen molar-refractivity contribution in [2.24, 2.45) is 0 Å². The molecule has 0 fully saturated rings. The van der Waals surface area contributed by atoms with E-state index in [1.807, 2.05) is 26.8 Å². The molecule has 0 bridgehead atoms. The maximum absolute atomic E-state index is 14.8. The van der Waals surface area contributed by atoms with Gasteiger partial charge in [-0.15, -0.1) is 10.2 Å². The van der Waals surface area contributed by atoms with Crippen LogP contribution in [0.1, 0.15) is 31.2 Å². The SMILES string of the molecule is Cc1cncc(-c2nnc(NSC(C)C(C)c3ncc(Cl)cn3)n2-c2c(F)cccc2F)c1. The lowest BCUT2D eigenvalue weighted by Gasteiger charge is -2.19. The van der Waals surface area contributed by atoms with Crippen molar-refractivity contribution in [3.8, 4) is 17.1 Å². The molecule has 1 N–H and O–H groups in total. The number of rotatable bonds is 7. The summed E-state index contributed by atoms with van der Waals surface area (Å²) in [5, 5.41) is 8.81. The number of benzene rings is 1. The van der Waals surface area contributed by atoms with Crippen molar-refractivity contribution in [3.05, 3.63) is 77.1 Å². The van der Waals surface area contributed by atoms with Crippen molar-refractivity contribution in [2.75, 3.05) is 4.72 Å². The van der Waals surface area contributed by atoms with E-state index in [1.165, 1.54) is 34.7 Å². The van der Waals surface area contributed by atoms with Crippen LogP contribution in [0.4, 0.5) is 14.7 Å². The molecule has 2 atom stereocenters. The van der Waals surface area contributed by atoms with Gasteiger partial charge in [0.2, 0.25) is 5.95 Å². The number of nitrogens with zero attached hydrogens (tertiary/aromatic N) is 6. The maximum Gasteiger partial charge on any atom is 0.239 e. The first-order valence-electron chi connectivity index (χ1n) is 10.1. The summed E-state index contributed by atoms with van der Waals surface area (Å²) in [4.78, 5) is 12.7. The summed E-state index contributed by atoms with van der Waals surface area (Å²) < 4.78 is 33.9. The Balaban J connectivity index is 1.68. The Hall–Kier alpha value is -3.11. The summed E-state index contributed by atoms with van der Waals surface area (Å²) in [6.45, 7) is 5.83. The third kappa shape index (κ3) is 4.96. The molecule has 0 spiro atoms. The Labute approximate surface area is 198 Å². The molecule has 3 heterocycles. The molecule has 33 heavy (non-hydrogen) atoms. The Morgan fingerprint density at radius 3 is 2.39 bits per heavy atom. The zero-order valence-electron chi connectivity index (χ0n) is 18.0. The second-order valence-corrected chi connectivity index (χ2v) is 9.10. The molecule has 2 unspecified atom stereocenters. The van der Waals surface area contributed by atoms with Gasteiger partial charge in [-0.05, 0) is 42.6 Å². The standard InChI is InChI=1S/C22H20ClF2N7S/c1-12-7-15(9-26-8-12)21-29-30-22(32(21)19-17(24)5-4-6-18(19)25)31-33-14(3)13(2)20-27-10-16(23)11-28-20/h4-11,13-14H,1-3H3,(H,30,31). The van der Waals surface area contributed by atoms with E-state index in [0.717, 1.165) is 5.56 Å². The summed E-state index contributed by atoms with van der Waals surface area (Å²) in [6, 6.07) is 5.52. The smallest absolute Gasteiger partial charge is 0.239 e. The van der Waals surface area contributed by atoms with E-state index in [1.54, 1.807) is 24.8 Å². The van der Waals surface area contributed by atoms with Crippen molar-refractivity contribution in [1.29, 1.82) is 0 Å². The Kier molecular flexibility index (Phi) is 6.85.